The van der Waals surface area contributed by atoms with Gasteiger partial charge in [-0.1, -0.05) is 29.8 Å². The molecule has 116 valence electrons. The summed E-state index contributed by atoms with van der Waals surface area (Å²) in [5.74, 6) is -0.192. The van der Waals surface area contributed by atoms with Gasteiger partial charge in [-0.2, -0.15) is 5.10 Å². The molecule has 1 heterocycles. The van der Waals surface area contributed by atoms with Gasteiger partial charge in [-0.15, -0.1) is 0 Å². The number of hydrogen-bond donors (Lipinski definition) is 1. The molecule has 0 radical (unpaired) electrons. The molecule has 23 heavy (non-hydrogen) atoms. The number of benzene rings is 2. The van der Waals surface area contributed by atoms with Crippen molar-refractivity contribution in [2.24, 2.45) is 0 Å². The van der Waals surface area contributed by atoms with E-state index in [1.54, 1.807) is 29.2 Å². The molecule has 0 atom stereocenters. The molecule has 0 aliphatic carbocycles. The molecule has 0 saturated heterocycles. The molecule has 3 rings (SSSR count). The Labute approximate surface area is 138 Å². The number of anilines is 1. The van der Waals surface area contributed by atoms with Crippen molar-refractivity contribution >= 4 is 23.2 Å². The number of halogens is 1. The molecule has 0 spiro atoms. The zero-order chi connectivity index (χ0) is 16.2. The molecule has 1 N–H and O–H groups in total. The Morgan fingerprint density at radius 1 is 1.22 bits per heavy atom. The predicted octanol–water partition coefficient (Wildman–Crippen LogP) is 3.54. The minimum atomic E-state index is -0.192. The van der Waals surface area contributed by atoms with Crippen molar-refractivity contribution in [3.05, 3.63) is 76.8 Å². The molecule has 0 aliphatic heterocycles. The van der Waals surface area contributed by atoms with E-state index in [0.717, 1.165) is 11.1 Å². The van der Waals surface area contributed by atoms with Gasteiger partial charge in [0.15, 0.2) is 0 Å². The summed E-state index contributed by atoms with van der Waals surface area (Å²) in [6.07, 6.45) is 3.15. The maximum Gasteiger partial charge on any atom is 0.255 e. The Hall–Kier alpha value is -2.66. The second-order valence-corrected chi connectivity index (χ2v) is 5.63. The molecule has 2 aromatic carbocycles. The first-order valence-corrected chi connectivity index (χ1v) is 7.48. The first-order chi connectivity index (χ1) is 11.1. The van der Waals surface area contributed by atoms with Crippen LogP contribution in [-0.4, -0.2) is 20.7 Å². The van der Waals surface area contributed by atoms with Crippen LogP contribution in [0.4, 0.5) is 5.69 Å². The summed E-state index contributed by atoms with van der Waals surface area (Å²) in [4.78, 5) is 16.2. The second-order valence-electron chi connectivity index (χ2n) is 5.23. The third-order valence-corrected chi connectivity index (χ3v) is 3.71. The van der Waals surface area contributed by atoms with Gasteiger partial charge >= 0.3 is 0 Å². The van der Waals surface area contributed by atoms with Gasteiger partial charge in [0, 0.05) is 5.56 Å². The largest absolute Gasteiger partial charge is 0.321 e. The second kappa shape index (κ2) is 6.62. The summed E-state index contributed by atoms with van der Waals surface area (Å²) in [6.45, 7) is 2.57. The first-order valence-electron chi connectivity index (χ1n) is 7.11. The summed E-state index contributed by atoms with van der Waals surface area (Å²) < 4.78 is 1.72. The Balaban J connectivity index is 1.70. The molecular weight excluding hydrogens is 312 g/mol. The van der Waals surface area contributed by atoms with Crippen molar-refractivity contribution in [3.63, 3.8) is 0 Å². The number of rotatable bonds is 4. The molecule has 0 fully saturated rings. The highest BCUT2D eigenvalue weighted by atomic mass is 35.5. The van der Waals surface area contributed by atoms with Crippen LogP contribution in [0.1, 0.15) is 21.5 Å². The third kappa shape index (κ3) is 3.76. The van der Waals surface area contributed by atoms with Crippen LogP contribution in [0.25, 0.3) is 0 Å². The number of nitrogens with zero attached hydrogens (tertiary/aromatic N) is 3. The SMILES string of the molecule is Cc1ccc(NC(=O)c2ccc(Cn3cncn3)cc2)c(Cl)c1. The van der Waals surface area contributed by atoms with Gasteiger partial charge in [0.25, 0.3) is 5.91 Å². The van der Waals surface area contributed by atoms with Crippen molar-refractivity contribution < 1.29 is 4.79 Å². The van der Waals surface area contributed by atoms with E-state index < -0.39 is 0 Å². The van der Waals surface area contributed by atoms with Crippen LogP contribution in [0.15, 0.2) is 55.1 Å². The minimum absolute atomic E-state index is 0.192. The molecule has 0 saturated carbocycles. The number of hydrogen-bond acceptors (Lipinski definition) is 3. The summed E-state index contributed by atoms with van der Waals surface area (Å²) >= 11 is 6.14. The summed E-state index contributed by atoms with van der Waals surface area (Å²) in [5.41, 5.74) is 3.27. The molecular formula is C17H15ClN4O. The lowest BCUT2D eigenvalue weighted by atomic mass is 10.1. The number of carbonyl (C=O) groups excluding carboxylic acids is 1. The standard InChI is InChI=1S/C17H15ClN4O/c1-12-2-7-16(15(18)8-12)21-17(23)14-5-3-13(4-6-14)9-22-11-19-10-20-22/h2-8,10-11H,9H2,1H3,(H,21,23). The Bertz CT molecular complexity index is 813. The van der Waals surface area contributed by atoms with E-state index >= 15 is 0 Å². The number of aromatic nitrogens is 3. The fraction of sp³-hybridized carbons (Fsp3) is 0.118. The number of carbonyl (C=O) groups is 1. The van der Waals surface area contributed by atoms with E-state index in [0.29, 0.717) is 22.8 Å². The average molecular weight is 327 g/mol. The highest BCUT2D eigenvalue weighted by Crippen LogP contribution is 2.23. The molecule has 1 aromatic heterocycles. The summed E-state index contributed by atoms with van der Waals surface area (Å²) in [5, 5.41) is 7.40. The highest BCUT2D eigenvalue weighted by molar-refractivity contribution is 6.34. The van der Waals surface area contributed by atoms with Gasteiger partial charge in [-0.3, -0.25) is 4.79 Å². The summed E-state index contributed by atoms with van der Waals surface area (Å²) in [6, 6.07) is 12.9. The van der Waals surface area contributed by atoms with E-state index in [-0.39, 0.29) is 5.91 Å². The number of amides is 1. The van der Waals surface area contributed by atoms with E-state index in [1.807, 2.05) is 31.2 Å². The van der Waals surface area contributed by atoms with Gasteiger partial charge < -0.3 is 5.32 Å². The Morgan fingerprint density at radius 2 is 2.00 bits per heavy atom. The van der Waals surface area contributed by atoms with Crippen molar-refractivity contribution in [3.8, 4) is 0 Å². The molecule has 5 nitrogen and oxygen atoms in total. The van der Waals surface area contributed by atoms with Crippen molar-refractivity contribution in [1.29, 1.82) is 0 Å². The van der Waals surface area contributed by atoms with Crippen LogP contribution in [0, 0.1) is 6.92 Å². The predicted molar refractivity (Wildman–Crippen MR) is 89.7 cm³/mol. The van der Waals surface area contributed by atoms with Crippen molar-refractivity contribution in [2.75, 3.05) is 5.32 Å². The molecule has 0 bridgehead atoms. The smallest absolute Gasteiger partial charge is 0.255 e. The minimum Gasteiger partial charge on any atom is -0.321 e. The molecule has 0 unspecified atom stereocenters. The van der Waals surface area contributed by atoms with Gasteiger partial charge in [0.1, 0.15) is 12.7 Å². The van der Waals surface area contributed by atoms with E-state index in [9.17, 15) is 4.79 Å². The van der Waals surface area contributed by atoms with Crippen LogP contribution in [-0.2, 0) is 6.54 Å². The van der Waals surface area contributed by atoms with Crippen LogP contribution >= 0.6 is 11.6 Å². The summed E-state index contributed by atoms with van der Waals surface area (Å²) in [7, 11) is 0. The molecule has 3 aromatic rings. The van der Waals surface area contributed by atoms with Gasteiger partial charge in [-0.05, 0) is 42.3 Å². The maximum atomic E-state index is 12.3. The van der Waals surface area contributed by atoms with Gasteiger partial charge in [-0.25, -0.2) is 9.67 Å². The van der Waals surface area contributed by atoms with Crippen molar-refractivity contribution in [1.82, 2.24) is 14.8 Å². The van der Waals surface area contributed by atoms with Crippen LogP contribution in [0.5, 0.6) is 0 Å². The van der Waals surface area contributed by atoms with Crippen LogP contribution in [0.3, 0.4) is 0 Å². The lowest BCUT2D eigenvalue weighted by molar-refractivity contribution is 0.102. The fourth-order valence-electron chi connectivity index (χ4n) is 2.18. The van der Waals surface area contributed by atoms with E-state index in [2.05, 4.69) is 15.4 Å². The zero-order valence-corrected chi connectivity index (χ0v) is 13.3. The average Bonchev–Trinajstić information content (AvgIpc) is 3.04. The van der Waals surface area contributed by atoms with Crippen LogP contribution in [0.2, 0.25) is 5.02 Å². The molecule has 0 aliphatic rings. The monoisotopic (exact) mass is 326 g/mol. The van der Waals surface area contributed by atoms with Crippen LogP contribution < -0.4 is 5.32 Å². The van der Waals surface area contributed by atoms with E-state index in [4.69, 9.17) is 11.6 Å². The third-order valence-electron chi connectivity index (χ3n) is 3.40. The zero-order valence-electron chi connectivity index (χ0n) is 12.5. The Morgan fingerprint density at radius 3 is 2.65 bits per heavy atom. The maximum absolute atomic E-state index is 12.3. The topological polar surface area (TPSA) is 59.8 Å². The van der Waals surface area contributed by atoms with Crippen molar-refractivity contribution in [2.45, 2.75) is 13.5 Å². The lowest BCUT2D eigenvalue weighted by Crippen LogP contribution is -2.12. The van der Waals surface area contributed by atoms with E-state index in [1.165, 1.54) is 6.33 Å². The number of nitrogens with one attached hydrogen (secondary N) is 1. The first kappa shape index (κ1) is 15.2. The fourth-order valence-corrected chi connectivity index (χ4v) is 2.46. The normalized spacial score (nSPS) is 10.5. The highest BCUT2D eigenvalue weighted by Gasteiger charge is 2.08. The molecule has 6 heteroatoms. The lowest BCUT2D eigenvalue weighted by Gasteiger charge is -2.08. The Kier molecular flexibility index (Phi) is 4.39. The molecule has 1 amide bonds. The number of aryl methyl sites for hydroxylation is 1. The quantitative estimate of drug-likeness (QED) is 0.797. The van der Waals surface area contributed by atoms with Gasteiger partial charge in [0.2, 0.25) is 0 Å². The van der Waals surface area contributed by atoms with Gasteiger partial charge in [0.05, 0.1) is 17.3 Å².